The first-order valence-corrected chi connectivity index (χ1v) is 7.39. The largest absolute Gasteiger partial charge is 0.468 e. The van der Waals surface area contributed by atoms with Crippen molar-refractivity contribution in [3.63, 3.8) is 0 Å². The summed E-state index contributed by atoms with van der Waals surface area (Å²) >= 11 is 0. The minimum Gasteiger partial charge on any atom is -0.468 e. The second-order valence-electron chi connectivity index (χ2n) is 6.15. The van der Waals surface area contributed by atoms with Crippen LogP contribution in [0.5, 0.6) is 0 Å². The van der Waals surface area contributed by atoms with E-state index in [1.165, 1.54) is 32.5 Å². The fourth-order valence-electron chi connectivity index (χ4n) is 3.48. The van der Waals surface area contributed by atoms with Gasteiger partial charge in [-0.25, -0.2) is 0 Å². The fraction of sp³-hybridized carbons (Fsp3) is 0.733. The van der Waals surface area contributed by atoms with Crippen LogP contribution in [0.4, 0.5) is 0 Å². The summed E-state index contributed by atoms with van der Waals surface area (Å²) in [5.74, 6) is 1.93. The molecule has 0 amide bonds. The first-order valence-electron chi connectivity index (χ1n) is 7.39. The van der Waals surface area contributed by atoms with Crippen LogP contribution in [-0.4, -0.2) is 56.1 Å². The van der Waals surface area contributed by atoms with Crippen molar-refractivity contribution >= 4 is 0 Å². The maximum absolute atomic E-state index is 5.57. The third-order valence-electron chi connectivity index (χ3n) is 4.72. The van der Waals surface area contributed by atoms with Gasteiger partial charge in [-0.05, 0) is 58.1 Å². The van der Waals surface area contributed by atoms with Crippen LogP contribution in [0.25, 0.3) is 0 Å². The Bertz CT molecular complexity index is 382. The average Bonchev–Trinajstić information content (AvgIpc) is 2.94. The topological polar surface area (TPSA) is 31.6 Å². The molecule has 1 aromatic rings. The summed E-state index contributed by atoms with van der Waals surface area (Å²) in [6.07, 6.45) is 4.50. The van der Waals surface area contributed by atoms with E-state index in [2.05, 4.69) is 35.3 Å². The van der Waals surface area contributed by atoms with E-state index in [4.69, 9.17) is 4.42 Å². The third kappa shape index (κ3) is 2.86. The highest BCUT2D eigenvalue weighted by molar-refractivity contribution is 5.05. The molecule has 0 saturated carbocycles. The van der Waals surface area contributed by atoms with Gasteiger partial charge in [0.25, 0.3) is 0 Å². The van der Waals surface area contributed by atoms with Crippen LogP contribution in [0.2, 0.25) is 0 Å². The maximum atomic E-state index is 5.57. The molecule has 106 valence electrons. The number of hydrogen-bond donors (Lipinski definition) is 1. The van der Waals surface area contributed by atoms with E-state index in [9.17, 15) is 0 Å². The van der Waals surface area contributed by atoms with Crippen LogP contribution >= 0.6 is 0 Å². The van der Waals surface area contributed by atoms with E-state index in [1.807, 2.05) is 6.07 Å². The Kier molecular flexibility index (Phi) is 3.91. The number of nitrogens with one attached hydrogen (secondary N) is 1. The number of likely N-dealkylation sites (N-methyl/N-ethyl adjacent to an activating group) is 1. The highest BCUT2D eigenvalue weighted by Gasteiger charge is 2.34. The van der Waals surface area contributed by atoms with Crippen LogP contribution in [0, 0.1) is 5.92 Å². The standard InChI is InChI=1S/C15H25N3O/c1-17(2)14(15-4-3-9-19-15)10-16-13-11-18-7-5-12(13)6-8-18/h3-4,9,12-14,16H,5-8,10-11H2,1-2H3. The van der Waals surface area contributed by atoms with Crippen molar-refractivity contribution < 1.29 is 4.42 Å². The Labute approximate surface area is 115 Å². The van der Waals surface area contributed by atoms with Gasteiger partial charge in [0.05, 0.1) is 12.3 Å². The van der Waals surface area contributed by atoms with E-state index < -0.39 is 0 Å². The Morgan fingerprint density at radius 1 is 1.42 bits per heavy atom. The molecule has 3 saturated heterocycles. The molecule has 4 rings (SSSR count). The van der Waals surface area contributed by atoms with Crippen molar-refractivity contribution in [2.45, 2.75) is 24.9 Å². The molecular weight excluding hydrogens is 238 g/mol. The Balaban J connectivity index is 1.58. The van der Waals surface area contributed by atoms with Crippen molar-refractivity contribution in [2.24, 2.45) is 5.92 Å². The molecule has 19 heavy (non-hydrogen) atoms. The second kappa shape index (κ2) is 5.65. The molecule has 0 aliphatic carbocycles. The van der Waals surface area contributed by atoms with E-state index >= 15 is 0 Å². The monoisotopic (exact) mass is 263 g/mol. The predicted molar refractivity (Wildman–Crippen MR) is 76.1 cm³/mol. The summed E-state index contributed by atoms with van der Waals surface area (Å²) in [5.41, 5.74) is 0. The molecule has 0 aromatic carbocycles. The zero-order valence-electron chi connectivity index (χ0n) is 12.0. The van der Waals surface area contributed by atoms with Crippen molar-refractivity contribution in [1.82, 2.24) is 15.1 Å². The summed E-state index contributed by atoms with van der Waals surface area (Å²) in [5, 5.41) is 3.78. The molecule has 0 radical (unpaired) electrons. The summed E-state index contributed by atoms with van der Waals surface area (Å²) in [6, 6.07) is 5.04. The van der Waals surface area contributed by atoms with Gasteiger partial charge < -0.3 is 14.6 Å². The lowest BCUT2D eigenvalue weighted by molar-refractivity contribution is 0.0684. The van der Waals surface area contributed by atoms with Crippen LogP contribution in [0.15, 0.2) is 22.8 Å². The number of rotatable bonds is 5. The van der Waals surface area contributed by atoms with Crippen LogP contribution in [0.1, 0.15) is 24.6 Å². The van der Waals surface area contributed by atoms with E-state index in [1.54, 1.807) is 6.26 Å². The van der Waals surface area contributed by atoms with Crippen molar-refractivity contribution in [2.75, 3.05) is 40.3 Å². The van der Waals surface area contributed by atoms with E-state index in [0.717, 1.165) is 18.2 Å². The molecule has 3 aliphatic heterocycles. The zero-order valence-corrected chi connectivity index (χ0v) is 12.0. The van der Waals surface area contributed by atoms with Crippen molar-refractivity contribution in [3.8, 4) is 0 Å². The van der Waals surface area contributed by atoms with Crippen LogP contribution in [0.3, 0.4) is 0 Å². The number of hydrogen-bond acceptors (Lipinski definition) is 4. The molecule has 3 aliphatic rings. The van der Waals surface area contributed by atoms with Crippen molar-refractivity contribution in [1.29, 1.82) is 0 Å². The van der Waals surface area contributed by atoms with Gasteiger partial charge in [-0.15, -0.1) is 0 Å². The second-order valence-corrected chi connectivity index (χ2v) is 6.15. The molecule has 2 bridgehead atoms. The first kappa shape index (κ1) is 13.2. The van der Waals surface area contributed by atoms with Gasteiger partial charge in [-0.2, -0.15) is 0 Å². The molecule has 3 fully saturated rings. The van der Waals surface area contributed by atoms with Gasteiger partial charge in [0.1, 0.15) is 5.76 Å². The normalized spacial score (nSPS) is 31.8. The zero-order chi connectivity index (χ0) is 13.2. The highest BCUT2D eigenvalue weighted by atomic mass is 16.3. The lowest BCUT2D eigenvalue weighted by Crippen LogP contribution is -2.56. The molecular formula is C15H25N3O. The number of nitrogens with zero attached hydrogens (tertiary/aromatic N) is 2. The molecule has 1 aromatic heterocycles. The summed E-state index contributed by atoms with van der Waals surface area (Å²) in [6.45, 7) is 4.80. The quantitative estimate of drug-likeness (QED) is 0.874. The average molecular weight is 263 g/mol. The lowest BCUT2D eigenvalue weighted by Gasteiger charge is -2.45. The minimum absolute atomic E-state index is 0.324. The summed E-state index contributed by atoms with van der Waals surface area (Å²) in [4.78, 5) is 4.82. The highest BCUT2D eigenvalue weighted by Crippen LogP contribution is 2.28. The van der Waals surface area contributed by atoms with Gasteiger partial charge >= 0.3 is 0 Å². The molecule has 2 atom stereocenters. The van der Waals surface area contributed by atoms with Crippen LogP contribution < -0.4 is 5.32 Å². The van der Waals surface area contributed by atoms with Crippen LogP contribution in [-0.2, 0) is 0 Å². The summed E-state index contributed by atoms with van der Waals surface area (Å²) in [7, 11) is 4.23. The van der Waals surface area contributed by atoms with Gasteiger partial charge in [0.15, 0.2) is 0 Å². The smallest absolute Gasteiger partial charge is 0.122 e. The third-order valence-corrected chi connectivity index (χ3v) is 4.72. The number of furan rings is 1. The maximum Gasteiger partial charge on any atom is 0.122 e. The Morgan fingerprint density at radius 3 is 2.74 bits per heavy atom. The number of fused-ring (bicyclic) bond motifs is 3. The van der Waals surface area contributed by atoms with E-state index in [-0.39, 0.29) is 0 Å². The van der Waals surface area contributed by atoms with Gasteiger partial charge in [0, 0.05) is 19.1 Å². The van der Waals surface area contributed by atoms with Gasteiger partial charge in [0.2, 0.25) is 0 Å². The van der Waals surface area contributed by atoms with Crippen molar-refractivity contribution in [3.05, 3.63) is 24.2 Å². The number of piperidine rings is 3. The molecule has 4 heteroatoms. The molecule has 1 N–H and O–H groups in total. The lowest BCUT2D eigenvalue weighted by atomic mass is 9.84. The van der Waals surface area contributed by atoms with Gasteiger partial charge in [-0.3, -0.25) is 4.90 Å². The molecule has 2 unspecified atom stereocenters. The van der Waals surface area contributed by atoms with Gasteiger partial charge in [-0.1, -0.05) is 0 Å². The molecule has 4 nitrogen and oxygen atoms in total. The SMILES string of the molecule is CN(C)C(CNC1CN2CCC1CC2)c1ccco1. The first-order chi connectivity index (χ1) is 9.24. The fourth-order valence-corrected chi connectivity index (χ4v) is 3.48. The Morgan fingerprint density at radius 2 is 2.21 bits per heavy atom. The molecule has 4 heterocycles. The molecule has 0 spiro atoms. The minimum atomic E-state index is 0.324. The Hall–Kier alpha value is -0.840. The summed E-state index contributed by atoms with van der Waals surface area (Å²) < 4.78 is 5.57. The van der Waals surface area contributed by atoms with E-state index in [0.29, 0.717) is 12.1 Å². The predicted octanol–water partition coefficient (Wildman–Crippen LogP) is 1.57.